The molecule has 7 nitrogen and oxygen atoms in total. The second kappa shape index (κ2) is 9.30. The van der Waals surface area contributed by atoms with E-state index in [1.165, 1.54) is 17.3 Å². The van der Waals surface area contributed by atoms with E-state index < -0.39 is 15.8 Å². The van der Waals surface area contributed by atoms with E-state index in [1.807, 2.05) is 29.2 Å². The quantitative estimate of drug-likeness (QED) is 0.665. The lowest BCUT2D eigenvalue weighted by Crippen LogP contribution is -2.37. The van der Waals surface area contributed by atoms with Gasteiger partial charge in [0.25, 0.3) is 0 Å². The number of carbonyl (C=O) groups excluding carboxylic acids is 1. The van der Waals surface area contributed by atoms with Gasteiger partial charge < -0.3 is 10.0 Å². The molecule has 0 aromatic heterocycles. The number of benzene rings is 1. The number of unbranched alkanes of at least 4 members (excludes halogenated alkanes) is 1. The summed E-state index contributed by atoms with van der Waals surface area (Å²) in [6.07, 6.45) is 3.45. The number of amides is 1. The minimum atomic E-state index is -3.11. The first-order valence-electron chi connectivity index (χ1n) is 9.87. The highest BCUT2D eigenvalue weighted by Gasteiger charge is 2.49. The van der Waals surface area contributed by atoms with E-state index in [-0.39, 0.29) is 48.0 Å². The Morgan fingerprint density at radius 3 is 2.55 bits per heavy atom. The number of fused-ring (bicyclic) bond motifs is 1. The summed E-state index contributed by atoms with van der Waals surface area (Å²) in [5.74, 6) is -1.18. The maximum Gasteiger partial charge on any atom is 0.303 e. The van der Waals surface area contributed by atoms with Gasteiger partial charge in [-0.05, 0) is 37.0 Å². The number of hydrogen-bond donors (Lipinski definition) is 1. The lowest BCUT2D eigenvalue weighted by atomic mass is 10.1. The number of aliphatic carboxylic acids is 1. The molecule has 1 aromatic carbocycles. The Balaban J connectivity index is 1.81. The lowest BCUT2D eigenvalue weighted by Gasteiger charge is -2.24. The third-order valence-corrected chi connectivity index (χ3v) is 8.31. The molecule has 29 heavy (non-hydrogen) atoms. The van der Waals surface area contributed by atoms with Crippen LogP contribution in [0, 0.1) is 0 Å². The summed E-state index contributed by atoms with van der Waals surface area (Å²) in [6.45, 7) is 2.15. The van der Waals surface area contributed by atoms with E-state index in [0.29, 0.717) is 5.17 Å². The van der Waals surface area contributed by atoms with Crippen molar-refractivity contribution in [2.75, 3.05) is 16.4 Å². The maximum atomic E-state index is 12.2. The number of carboxylic acid groups (broad SMARTS) is 1. The zero-order valence-corrected chi connectivity index (χ0v) is 18.0. The van der Waals surface area contributed by atoms with Gasteiger partial charge in [-0.2, -0.15) is 4.99 Å². The maximum absolute atomic E-state index is 12.2. The highest BCUT2D eigenvalue weighted by atomic mass is 32.2. The normalized spacial score (nSPS) is 24.0. The van der Waals surface area contributed by atoms with Crippen molar-refractivity contribution < 1.29 is 23.1 Å². The van der Waals surface area contributed by atoms with Crippen LogP contribution >= 0.6 is 11.8 Å². The topological polar surface area (TPSA) is 104 Å². The van der Waals surface area contributed by atoms with E-state index in [1.54, 1.807) is 0 Å². The molecule has 1 N–H and O–H groups in total. The molecule has 3 rings (SSSR count). The molecular weight excluding hydrogens is 412 g/mol. The van der Waals surface area contributed by atoms with Crippen molar-refractivity contribution in [3.63, 3.8) is 0 Å². The number of nitrogens with zero attached hydrogens (tertiary/aromatic N) is 2. The predicted molar refractivity (Wildman–Crippen MR) is 115 cm³/mol. The van der Waals surface area contributed by atoms with Crippen molar-refractivity contribution in [1.29, 1.82) is 0 Å². The summed E-state index contributed by atoms with van der Waals surface area (Å²) >= 11 is 1.33. The molecule has 1 aromatic rings. The van der Waals surface area contributed by atoms with Gasteiger partial charge in [0.2, 0.25) is 5.91 Å². The van der Waals surface area contributed by atoms with E-state index in [9.17, 15) is 18.0 Å². The fraction of sp³-hybridized carbons (Fsp3) is 0.550. The Kier molecular flexibility index (Phi) is 7.00. The van der Waals surface area contributed by atoms with Crippen LogP contribution in [-0.2, 0) is 25.8 Å². The van der Waals surface area contributed by atoms with Crippen molar-refractivity contribution in [3.8, 4) is 0 Å². The number of anilines is 1. The molecule has 0 saturated carbocycles. The summed E-state index contributed by atoms with van der Waals surface area (Å²) < 4.78 is 24.3. The summed E-state index contributed by atoms with van der Waals surface area (Å²) in [5, 5.41) is 9.08. The molecule has 1 amide bonds. The molecule has 2 aliphatic rings. The van der Waals surface area contributed by atoms with Gasteiger partial charge in [-0.15, -0.1) is 0 Å². The first-order chi connectivity index (χ1) is 13.8. The van der Waals surface area contributed by atoms with Crippen LogP contribution in [0.25, 0.3) is 0 Å². The van der Waals surface area contributed by atoms with Crippen molar-refractivity contribution in [2.24, 2.45) is 4.99 Å². The largest absolute Gasteiger partial charge is 0.481 e. The Labute approximate surface area is 175 Å². The highest BCUT2D eigenvalue weighted by Crippen LogP contribution is 2.41. The van der Waals surface area contributed by atoms with Crippen LogP contribution in [0.5, 0.6) is 0 Å². The van der Waals surface area contributed by atoms with Gasteiger partial charge in [0, 0.05) is 23.8 Å². The second-order valence-corrected chi connectivity index (χ2v) is 10.8. The van der Waals surface area contributed by atoms with E-state index in [0.717, 1.165) is 24.9 Å². The number of sulfone groups is 1. The SMILES string of the molecule is CCCCc1ccc(N2C(=NC(=O)CCCC(=O)O)S[C@@H]3CS(=O)(=O)C[C@@H]32)cc1. The monoisotopic (exact) mass is 438 g/mol. The molecule has 9 heteroatoms. The van der Waals surface area contributed by atoms with Crippen molar-refractivity contribution in [2.45, 2.75) is 56.7 Å². The average Bonchev–Trinajstić information content (AvgIpc) is 3.11. The van der Waals surface area contributed by atoms with Gasteiger partial charge in [-0.3, -0.25) is 9.59 Å². The zero-order valence-electron chi connectivity index (χ0n) is 16.4. The molecular formula is C20H26N2O5S2. The fourth-order valence-electron chi connectivity index (χ4n) is 3.62. The Bertz CT molecular complexity index is 896. The van der Waals surface area contributed by atoms with E-state index in [4.69, 9.17) is 5.11 Å². The van der Waals surface area contributed by atoms with Gasteiger partial charge in [-0.25, -0.2) is 8.42 Å². The van der Waals surface area contributed by atoms with E-state index in [2.05, 4.69) is 11.9 Å². The molecule has 0 bridgehead atoms. The Morgan fingerprint density at radius 2 is 1.90 bits per heavy atom. The summed E-state index contributed by atoms with van der Waals surface area (Å²) in [4.78, 5) is 29.0. The highest BCUT2D eigenvalue weighted by molar-refractivity contribution is 8.16. The Morgan fingerprint density at radius 1 is 1.17 bits per heavy atom. The third kappa shape index (κ3) is 5.60. The molecule has 2 fully saturated rings. The Hall–Kier alpha value is -1.87. The molecule has 2 saturated heterocycles. The molecule has 0 aliphatic carbocycles. The smallest absolute Gasteiger partial charge is 0.303 e. The van der Waals surface area contributed by atoms with Gasteiger partial charge in [0.1, 0.15) is 0 Å². The van der Waals surface area contributed by atoms with Crippen LogP contribution in [0.4, 0.5) is 5.69 Å². The van der Waals surface area contributed by atoms with Crippen LogP contribution in [0.2, 0.25) is 0 Å². The van der Waals surface area contributed by atoms with Crippen LogP contribution in [0.15, 0.2) is 29.3 Å². The molecule has 2 atom stereocenters. The molecule has 2 heterocycles. The number of carbonyl (C=O) groups is 2. The van der Waals surface area contributed by atoms with Crippen LogP contribution < -0.4 is 4.90 Å². The first kappa shape index (κ1) is 21.8. The van der Waals surface area contributed by atoms with Crippen LogP contribution in [-0.4, -0.2) is 53.4 Å². The third-order valence-electron chi connectivity index (χ3n) is 5.10. The summed E-state index contributed by atoms with van der Waals surface area (Å²) in [6, 6.07) is 7.77. The number of aryl methyl sites for hydroxylation is 1. The molecule has 158 valence electrons. The number of rotatable bonds is 8. The summed E-state index contributed by atoms with van der Waals surface area (Å²) in [5.41, 5.74) is 2.06. The van der Waals surface area contributed by atoms with Gasteiger partial charge in [0.15, 0.2) is 15.0 Å². The lowest BCUT2D eigenvalue weighted by molar-refractivity contribution is -0.137. The standard InChI is InChI=1S/C20H26N2O5S2/c1-2-3-5-14-8-10-15(11-9-14)22-16-12-29(26,27)13-17(16)28-20(22)21-18(23)6-4-7-19(24)25/h8-11,16-17H,2-7,12-13H2,1H3,(H,24,25)/t16-,17+/m0/s1. The first-order valence-corrected chi connectivity index (χ1v) is 12.6. The van der Waals surface area contributed by atoms with E-state index >= 15 is 0 Å². The molecule has 0 radical (unpaired) electrons. The number of aliphatic imine (C=N–C) groups is 1. The van der Waals surface area contributed by atoms with Gasteiger partial charge >= 0.3 is 5.97 Å². The molecule has 0 spiro atoms. The number of thioether (sulfide) groups is 1. The van der Waals surface area contributed by atoms with Crippen molar-refractivity contribution in [1.82, 2.24) is 0 Å². The fourth-order valence-corrected chi connectivity index (χ4v) is 7.56. The molecule has 0 unspecified atom stereocenters. The number of carboxylic acids is 1. The average molecular weight is 439 g/mol. The van der Waals surface area contributed by atoms with Gasteiger partial charge in [0.05, 0.1) is 17.5 Å². The van der Waals surface area contributed by atoms with Gasteiger partial charge in [-0.1, -0.05) is 37.2 Å². The number of amidine groups is 1. The molecule has 2 aliphatic heterocycles. The second-order valence-electron chi connectivity index (χ2n) is 7.48. The minimum absolute atomic E-state index is 0.0501. The number of hydrogen-bond acceptors (Lipinski definition) is 5. The van der Waals surface area contributed by atoms with Crippen molar-refractivity contribution >= 4 is 44.3 Å². The van der Waals surface area contributed by atoms with Crippen LogP contribution in [0.1, 0.15) is 44.6 Å². The minimum Gasteiger partial charge on any atom is -0.481 e. The van der Waals surface area contributed by atoms with Crippen molar-refractivity contribution in [3.05, 3.63) is 29.8 Å². The zero-order chi connectivity index (χ0) is 21.0. The predicted octanol–water partition coefficient (Wildman–Crippen LogP) is 2.89. The summed E-state index contributed by atoms with van der Waals surface area (Å²) in [7, 11) is -3.11. The van der Waals surface area contributed by atoms with Crippen LogP contribution in [0.3, 0.4) is 0 Å².